The molecule has 8 nitrogen and oxygen atoms in total. The molecule has 0 aliphatic carbocycles. The fraction of sp³-hybridized carbons (Fsp3) is 0.300. The van der Waals surface area contributed by atoms with Crippen molar-refractivity contribution in [2.75, 3.05) is 27.9 Å². The molecule has 2 rings (SSSR count). The average Bonchev–Trinajstić information content (AvgIpc) is 2.75. The van der Waals surface area contributed by atoms with Gasteiger partial charge in [0.15, 0.2) is 29.6 Å². The van der Waals surface area contributed by atoms with Crippen molar-refractivity contribution in [3.05, 3.63) is 47.5 Å². The number of methoxy groups -OCH3 is 3. The topological polar surface area (TPSA) is 92.3 Å². The molecule has 0 saturated heterocycles. The summed E-state index contributed by atoms with van der Waals surface area (Å²) in [6, 6.07) is 9.10. The molecule has 0 radical (unpaired) electrons. The van der Waals surface area contributed by atoms with Crippen molar-refractivity contribution < 1.29 is 42.1 Å². The predicted molar refractivity (Wildman–Crippen MR) is 101 cm³/mol. The molecule has 0 atom stereocenters. The number of hydrogen-bond acceptors (Lipinski definition) is 7. The number of amides is 1. The molecule has 0 unspecified atom stereocenters. The summed E-state index contributed by atoms with van der Waals surface area (Å²) in [5.41, 5.74) is 0.440. The van der Waals surface area contributed by atoms with Gasteiger partial charge in [0, 0.05) is 6.54 Å². The van der Waals surface area contributed by atoms with E-state index in [4.69, 9.17) is 18.9 Å². The highest BCUT2D eigenvalue weighted by molar-refractivity contribution is 5.95. The summed E-state index contributed by atoms with van der Waals surface area (Å²) in [5, 5.41) is 2.58. The number of ether oxygens (including phenoxy) is 5. The molecule has 0 heterocycles. The third kappa shape index (κ3) is 5.97. The van der Waals surface area contributed by atoms with Gasteiger partial charge in [0.1, 0.15) is 5.56 Å². The molecule has 0 spiro atoms. The van der Waals surface area contributed by atoms with E-state index in [0.717, 1.165) is 5.56 Å². The molecule has 2 aromatic carbocycles. The Balaban J connectivity index is 1.96. The first kappa shape index (κ1) is 22.7. The summed E-state index contributed by atoms with van der Waals surface area (Å²) in [6.45, 7) is -3.63. The molecule has 30 heavy (non-hydrogen) atoms. The lowest BCUT2D eigenvalue weighted by Crippen LogP contribution is -2.28. The number of para-hydroxylation sites is 1. The molecule has 0 fully saturated rings. The second-order valence-electron chi connectivity index (χ2n) is 5.76. The molecular weight excluding hydrogens is 404 g/mol. The second-order valence-corrected chi connectivity index (χ2v) is 5.76. The second kappa shape index (κ2) is 10.8. The van der Waals surface area contributed by atoms with Crippen molar-refractivity contribution in [2.24, 2.45) is 0 Å². The largest absolute Gasteiger partial charge is 0.493 e. The molecule has 0 aliphatic heterocycles. The van der Waals surface area contributed by atoms with E-state index in [9.17, 15) is 18.4 Å². The van der Waals surface area contributed by atoms with Gasteiger partial charge in [-0.3, -0.25) is 4.79 Å². The van der Waals surface area contributed by atoms with Crippen LogP contribution in [0.25, 0.3) is 0 Å². The van der Waals surface area contributed by atoms with E-state index in [-0.39, 0.29) is 17.9 Å². The van der Waals surface area contributed by atoms with E-state index in [2.05, 4.69) is 10.1 Å². The zero-order valence-electron chi connectivity index (χ0n) is 16.6. The molecule has 2 aromatic rings. The lowest BCUT2D eigenvalue weighted by atomic mass is 10.2. The van der Waals surface area contributed by atoms with Crippen molar-refractivity contribution >= 4 is 11.9 Å². The Morgan fingerprint density at radius 3 is 2.30 bits per heavy atom. The van der Waals surface area contributed by atoms with Gasteiger partial charge in [0.25, 0.3) is 5.91 Å². The van der Waals surface area contributed by atoms with Gasteiger partial charge in [-0.05, 0) is 29.8 Å². The monoisotopic (exact) mass is 425 g/mol. The van der Waals surface area contributed by atoms with Crippen LogP contribution >= 0.6 is 0 Å². The van der Waals surface area contributed by atoms with Gasteiger partial charge in [0.05, 0.1) is 21.3 Å². The summed E-state index contributed by atoms with van der Waals surface area (Å²) >= 11 is 0. The third-order valence-electron chi connectivity index (χ3n) is 3.90. The van der Waals surface area contributed by atoms with Crippen LogP contribution in [0.4, 0.5) is 8.78 Å². The number of carbonyl (C=O) groups excluding carboxylic acids is 2. The Labute approximate surface area is 171 Å². The Morgan fingerprint density at radius 2 is 1.67 bits per heavy atom. The highest BCUT2D eigenvalue weighted by Crippen LogP contribution is 2.33. The van der Waals surface area contributed by atoms with Crippen LogP contribution in [0.15, 0.2) is 36.4 Å². The summed E-state index contributed by atoms with van der Waals surface area (Å²) in [4.78, 5) is 24.2. The maximum atomic E-state index is 12.6. The zero-order chi connectivity index (χ0) is 22.1. The van der Waals surface area contributed by atoms with Gasteiger partial charge in [-0.25, -0.2) is 4.79 Å². The van der Waals surface area contributed by atoms with Crippen LogP contribution in [0.5, 0.6) is 23.0 Å². The van der Waals surface area contributed by atoms with Gasteiger partial charge in [0.2, 0.25) is 0 Å². The standard InChI is InChI=1S/C20H21F2NO7/c1-26-14-8-7-12(9-16(14)28-3)10-23-17(24)11-29-19(25)13-5-4-6-15(27-2)18(13)30-20(21)22/h4-9,20H,10-11H2,1-3H3,(H,23,24). The van der Waals surface area contributed by atoms with Crippen LogP contribution in [0.2, 0.25) is 0 Å². The Bertz CT molecular complexity index is 889. The Hall–Kier alpha value is -3.56. The van der Waals surface area contributed by atoms with Crippen LogP contribution in [-0.2, 0) is 16.1 Å². The number of esters is 1. The van der Waals surface area contributed by atoms with Crippen LogP contribution in [0, 0.1) is 0 Å². The number of halogens is 2. The lowest BCUT2D eigenvalue weighted by Gasteiger charge is -2.14. The average molecular weight is 425 g/mol. The molecule has 1 amide bonds. The van der Waals surface area contributed by atoms with Crippen molar-refractivity contribution in [1.29, 1.82) is 0 Å². The van der Waals surface area contributed by atoms with E-state index >= 15 is 0 Å². The Morgan fingerprint density at radius 1 is 0.967 bits per heavy atom. The van der Waals surface area contributed by atoms with Crippen molar-refractivity contribution in [1.82, 2.24) is 5.32 Å². The summed E-state index contributed by atoms with van der Waals surface area (Å²) in [7, 11) is 4.24. The molecule has 0 aliphatic rings. The quantitative estimate of drug-likeness (QED) is 0.585. The zero-order valence-corrected chi connectivity index (χ0v) is 16.6. The molecule has 10 heteroatoms. The van der Waals surface area contributed by atoms with E-state index in [1.807, 2.05) is 0 Å². The first-order valence-corrected chi connectivity index (χ1v) is 8.66. The van der Waals surface area contributed by atoms with Gasteiger partial charge >= 0.3 is 12.6 Å². The molecule has 0 saturated carbocycles. The van der Waals surface area contributed by atoms with Crippen LogP contribution in [-0.4, -0.2) is 46.4 Å². The van der Waals surface area contributed by atoms with Crippen molar-refractivity contribution in [2.45, 2.75) is 13.2 Å². The highest BCUT2D eigenvalue weighted by Gasteiger charge is 2.22. The van der Waals surface area contributed by atoms with Gasteiger partial charge in [-0.15, -0.1) is 0 Å². The normalized spacial score (nSPS) is 10.3. The van der Waals surface area contributed by atoms with Crippen LogP contribution in [0.3, 0.4) is 0 Å². The number of benzene rings is 2. The van der Waals surface area contributed by atoms with Gasteiger partial charge in [-0.2, -0.15) is 8.78 Å². The number of hydrogen-bond donors (Lipinski definition) is 1. The van der Waals surface area contributed by atoms with E-state index < -0.39 is 30.8 Å². The molecule has 1 N–H and O–H groups in total. The van der Waals surface area contributed by atoms with Crippen LogP contribution in [0.1, 0.15) is 15.9 Å². The molecular formula is C20H21F2NO7. The minimum atomic E-state index is -3.17. The fourth-order valence-corrected chi connectivity index (χ4v) is 2.50. The van der Waals surface area contributed by atoms with Gasteiger partial charge in [-0.1, -0.05) is 12.1 Å². The maximum Gasteiger partial charge on any atom is 0.387 e. The summed E-state index contributed by atoms with van der Waals surface area (Å²) in [6.07, 6.45) is 0. The lowest BCUT2D eigenvalue weighted by molar-refractivity contribution is -0.124. The van der Waals surface area contributed by atoms with Crippen molar-refractivity contribution in [3.63, 3.8) is 0 Å². The smallest absolute Gasteiger partial charge is 0.387 e. The van der Waals surface area contributed by atoms with E-state index in [1.165, 1.54) is 39.5 Å². The first-order valence-electron chi connectivity index (χ1n) is 8.66. The summed E-state index contributed by atoms with van der Waals surface area (Å²) in [5.74, 6) is -1.08. The fourth-order valence-electron chi connectivity index (χ4n) is 2.50. The summed E-state index contributed by atoms with van der Waals surface area (Å²) < 4.78 is 49.8. The number of nitrogens with one attached hydrogen (secondary N) is 1. The van der Waals surface area contributed by atoms with Crippen molar-refractivity contribution in [3.8, 4) is 23.0 Å². The minimum Gasteiger partial charge on any atom is -0.493 e. The van der Waals surface area contributed by atoms with Gasteiger partial charge < -0.3 is 29.0 Å². The predicted octanol–water partition coefficient (Wildman–Crippen LogP) is 2.79. The molecule has 0 bridgehead atoms. The SMILES string of the molecule is COc1ccc(CNC(=O)COC(=O)c2cccc(OC)c2OC(F)F)cc1OC. The maximum absolute atomic E-state index is 12.6. The first-order chi connectivity index (χ1) is 14.4. The Kier molecular flexibility index (Phi) is 8.21. The van der Waals surface area contributed by atoms with E-state index in [0.29, 0.717) is 11.5 Å². The van der Waals surface area contributed by atoms with E-state index in [1.54, 1.807) is 18.2 Å². The minimum absolute atomic E-state index is 0.0670. The highest BCUT2D eigenvalue weighted by atomic mass is 19.3. The third-order valence-corrected chi connectivity index (χ3v) is 3.90. The molecule has 162 valence electrons. The number of alkyl halides is 2. The number of carbonyl (C=O) groups is 2. The molecule has 0 aromatic heterocycles. The number of rotatable bonds is 10. The van der Waals surface area contributed by atoms with Crippen LogP contribution < -0.4 is 24.3 Å².